The Bertz CT molecular complexity index is 1140. The summed E-state index contributed by atoms with van der Waals surface area (Å²) < 4.78 is 7.74. The van der Waals surface area contributed by atoms with E-state index in [0.717, 1.165) is 74.9 Å². The first-order valence-electron chi connectivity index (χ1n) is 11.3. The number of likely N-dealkylation sites (tertiary alicyclic amines) is 1. The highest BCUT2D eigenvalue weighted by atomic mass is 16.5. The molecule has 0 N–H and O–H groups in total. The van der Waals surface area contributed by atoms with Gasteiger partial charge in [-0.05, 0) is 43.9 Å². The predicted molar refractivity (Wildman–Crippen MR) is 116 cm³/mol. The van der Waals surface area contributed by atoms with Gasteiger partial charge in [-0.25, -0.2) is 4.98 Å². The lowest BCUT2D eigenvalue weighted by atomic mass is 9.82. The Labute approximate surface area is 181 Å². The van der Waals surface area contributed by atoms with Crippen molar-refractivity contribution in [3.05, 3.63) is 57.1 Å². The van der Waals surface area contributed by atoms with E-state index in [4.69, 9.17) is 4.74 Å². The van der Waals surface area contributed by atoms with E-state index in [1.165, 1.54) is 0 Å². The van der Waals surface area contributed by atoms with Gasteiger partial charge < -0.3 is 14.2 Å². The summed E-state index contributed by atoms with van der Waals surface area (Å²) in [5.41, 5.74) is 3.76. The maximum atomic E-state index is 13.4. The number of nitriles is 1. The van der Waals surface area contributed by atoms with E-state index in [0.29, 0.717) is 29.5 Å². The summed E-state index contributed by atoms with van der Waals surface area (Å²) in [6.07, 6.45) is 2.55. The zero-order valence-corrected chi connectivity index (χ0v) is 17.8. The van der Waals surface area contributed by atoms with Gasteiger partial charge in [0.2, 0.25) is 0 Å². The molecule has 4 aliphatic rings. The zero-order chi connectivity index (χ0) is 21.1. The van der Waals surface area contributed by atoms with Crippen LogP contribution in [0.25, 0.3) is 0 Å². The van der Waals surface area contributed by atoms with Crippen LogP contribution < -0.4 is 10.5 Å². The molecule has 4 aliphatic heterocycles. The molecule has 0 unspecified atom stereocenters. The van der Waals surface area contributed by atoms with E-state index in [1.807, 2.05) is 29.7 Å². The van der Waals surface area contributed by atoms with Gasteiger partial charge in [-0.3, -0.25) is 9.69 Å². The van der Waals surface area contributed by atoms with Gasteiger partial charge in [0, 0.05) is 61.6 Å². The molecule has 160 valence electrons. The van der Waals surface area contributed by atoms with Crippen LogP contribution in [0.2, 0.25) is 0 Å². The van der Waals surface area contributed by atoms with E-state index >= 15 is 0 Å². The van der Waals surface area contributed by atoms with Gasteiger partial charge >= 0.3 is 0 Å². The smallest absolute Gasteiger partial charge is 0.255 e. The minimum atomic E-state index is 0.177. The van der Waals surface area contributed by atoms with E-state index in [2.05, 4.69) is 26.9 Å². The highest BCUT2D eigenvalue weighted by Gasteiger charge is 2.40. The number of rotatable bonds is 3. The SMILES string of the molecule is Cc1ccc(C#N)c(N2C[C@@H]3C[C@H](C2)c2ccc(CN4C[C@H]5C[C@@H]4CO5)c(=O)n2C3)n1. The van der Waals surface area contributed by atoms with Crippen LogP contribution in [0, 0.1) is 24.2 Å². The Hall–Kier alpha value is -2.69. The minimum absolute atomic E-state index is 0.177. The van der Waals surface area contributed by atoms with Gasteiger partial charge in [-0.2, -0.15) is 5.26 Å². The number of anilines is 1. The Morgan fingerprint density at radius 3 is 2.84 bits per heavy atom. The van der Waals surface area contributed by atoms with Crippen LogP contribution in [-0.4, -0.2) is 52.8 Å². The average Bonchev–Trinajstić information content (AvgIpc) is 3.39. The fourth-order valence-electron chi connectivity index (χ4n) is 6.05. The second-order valence-electron chi connectivity index (χ2n) is 9.61. The average molecular weight is 418 g/mol. The molecule has 0 amide bonds. The first-order chi connectivity index (χ1) is 15.1. The standard InChI is InChI=1S/C24H27N5O2/c1-15-2-3-17(8-25)23(26-15)28-9-16-6-19(12-28)22-5-4-18(24(30)29(22)10-16)11-27-13-21-7-20(27)14-31-21/h2-5,16,19-21H,6-7,9-14H2,1H3/t16-,19+,20+,21+/m0/s1. The number of hydrogen-bond donors (Lipinski definition) is 0. The molecule has 3 fully saturated rings. The number of aromatic nitrogens is 2. The van der Waals surface area contributed by atoms with Crippen molar-refractivity contribution < 1.29 is 4.74 Å². The van der Waals surface area contributed by atoms with E-state index in [9.17, 15) is 10.1 Å². The van der Waals surface area contributed by atoms with Crippen molar-refractivity contribution in [1.82, 2.24) is 14.5 Å². The van der Waals surface area contributed by atoms with Crippen molar-refractivity contribution in [2.45, 2.75) is 50.9 Å². The number of fused-ring (bicyclic) bond motifs is 6. The number of nitrogens with zero attached hydrogens (tertiary/aromatic N) is 5. The molecule has 6 heterocycles. The monoisotopic (exact) mass is 417 g/mol. The molecule has 4 atom stereocenters. The van der Waals surface area contributed by atoms with Crippen LogP contribution in [-0.2, 0) is 17.8 Å². The molecule has 4 bridgehead atoms. The molecule has 3 saturated heterocycles. The first kappa shape index (κ1) is 19.0. The minimum Gasteiger partial charge on any atom is -0.375 e. The highest BCUT2D eigenvalue weighted by Crippen LogP contribution is 2.37. The van der Waals surface area contributed by atoms with Gasteiger partial charge in [-0.1, -0.05) is 6.07 Å². The van der Waals surface area contributed by atoms with Crippen LogP contribution in [0.5, 0.6) is 0 Å². The van der Waals surface area contributed by atoms with Crippen LogP contribution in [0.3, 0.4) is 0 Å². The Kier molecular flexibility index (Phi) is 4.41. The highest BCUT2D eigenvalue weighted by molar-refractivity contribution is 5.55. The van der Waals surface area contributed by atoms with Crippen LogP contribution in [0.4, 0.5) is 5.82 Å². The Morgan fingerprint density at radius 1 is 1.16 bits per heavy atom. The Morgan fingerprint density at radius 2 is 2.06 bits per heavy atom. The number of piperidine rings is 1. The summed E-state index contributed by atoms with van der Waals surface area (Å²) >= 11 is 0. The molecule has 7 nitrogen and oxygen atoms in total. The first-order valence-corrected chi connectivity index (χ1v) is 11.3. The largest absolute Gasteiger partial charge is 0.375 e. The maximum absolute atomic E-state index is 13.4. The number of ether oxygens (including phenoxy) is 1. The molecule has 2 aromatic heterocycles. The van der Waals surface area contributed by atoms with Crippen molar-refractivity contribution in [3.63, 3.8) is 0 Å². The van der Waals surface area contributed by atoms with Crippen molar-refractivity contribution >= 4 is 5.82 Å². The number of pyridine rings is 2. The van der Waals surface area contributed by atoms with E-state index in [1.54, 1.807) is 0 Å². The normalized spacial score (nSPS) is 29.1. The molecule has 0 aromatic carbocycles. The topological polar surface area (TPSA) is 74.4 Å². The summed E-state index contributed by atoms with van der Waals surface area (Å²) in [6.45, 7) is 6.82. The van der Waals surface area contributed by atoms with Gasteiger partial charge in [0.15, 0.2) is 0 Å². The molecule has 31 heavy (non-hydrogen) atoms. The molecule has 0 saturated carbocycles. The molecule has 0 spiro atoms. The summed E-state index contributed by atoms with van der Waals surface area (Å²) in [5, 5.41) is 9.55. The van der Waals surface area contributed by atoms with Crippen LogP contribution >= 0.6 is 0 Å². The predicted octanol–water partition coefficient (Wildman–Crippen LogP) is 2.02. The van der Waals surface area contributed by atoms with Gasteiger partial charge in [0.1, 0.15) is 11.9 Å². The van der Waals surface area contributed by atoms with E-state index in [-0.39, 0.29) is 5.56 Å². The summed E-state index contributed by atoms with van der Waals surface area (Å²) in [5.74, 6) is 1.47. The van der Waals surface area contributed by atoms with E-state index < -0.39 is 0 Å². The molecule has 0 aliphatic carbocycles. The molecular formula is C24H27N5O2. The number of aryl methyl sites for hydroxylation is 1. The van der Waals surface area contributed by atoms with Crippen molar-refractivity contribution in [3.8, 4) is 6.07 Å². The zero-order valence-electron chi connectivity index (χ0n) is 17.8. The maximum Gasteiger partial charge on any atom is 0.255 e. The third kappa shape index (κ3) is 3.17. The van der Waals surface area contributed by atoms with Gasteiger partial charge in [-0.15, -0.1) is 0 Å². The lowest BCUT2D eigenvalue weighted by Gasteiger charge is -2.43. The molecule has 0 radical (unpaired) electrons. The van der Waals surface area contributed by atoms with Crippen LogP contribution in [0.15, 0.2) is 29.1 Å². The quantitative estimate of drug-likeness (QED) is 0.761. The number of hydrogen-bond acceptors (Lipinski definition) is 6. The third-order valence-corrected chi connectivity index (χ3v) is 7.50. The van der Waals surface area contributed by atoms with Crippen molar-refractivity contribution in [2.24, 2.45) is 5.92 Å². The summed E-state index contributed by atoms with van der Waals surface area (Å²) in [4.78, 5) is 22.7. The van der Waals surface area contributed by atoms with Gasteiger partial charge in [0.25, 0.3) is 5.56 Å². The lowest BCUT2D eigenvalue weighted by molar-refractivity contribution is 0.0271. The molecule has 7 heteroatoms. The molecular weight excluding hydrogens is 390 g/mol. The van der Waals surface area contributed by atoms with Crippen LogP contribution in [0.1, 0.15) is 41.3 Å². The lowest BCUT2D eigenvalue weighted by Crippen LogP contribution is -2.48. The Balaban J connectivity index is 1.28. The van der Waals surface area contributed by atoms with Crippen molar-refractivity contribution in [2.75, 3.05) is 31.1 Å². The fourth-order valence-corrected chi connectivity index (χ4v) is 6.05. The molecule has 2 aromatic rings. The summed E-state index contributed by atoms with van der Waals surface area (Å²) in [7, 11) is 0. The third-order valence-electron chi connectivity index (χ3n) is 7.50. The fraction of sp³-hybridized carbons (Fsp3) is 0.542. The second-order valence-corrected chi connectivity index (χ2v) is 9.61. The van der Waals surface area contributed by atoms with Gasteiger partial charge in [0.05, 0.1) is 18.3 Å². The second kappa shape index (κ2) is 7.18. The number of morpholine rings is 1. The summed E-state index contributed by atoms with van der Waals surface area (Å²) in [6, 6.07) is 10.7. The molecule has 6 rings (SSSR count). The van der Waals surface area contributed by atoms with Crippen molar-refractivity contribution in [1.29, 1.82) is 5.26 Å².